The van der Waals surface area contributed by atoms with Gasteiger partial charge in [-0.3, -0.25) is 0 Å². The molecule has 1 aromatic carbocycles. The van der Waals surface area contributed by atoms with Crippen LogP contribution in [0, 0.1) is 5.92 Å². The number of rotatable bonds is 7. The van der Waals surface area contributed by atoms with Crippen LogP contribution < -0.4 is 10.2 Å². The predicted molar refractivity (Wildman–Crippen MR) is 113 cm³/mol. The van der Waals surface area contributed by atoms with E-state index in [2.05, 4.69) is 27.7 Å². The van der Waals surface area contributed by atoms with Gasteiger partial charge in [-0.2, -0.15) is 0 Å². The van der Waals surface area contributed by atoms with E-state index in [0.717, 1.165) is 50.1 Å². The Balaban J connectivity index is 1.15. The van der Waals surface area contributed by atoms with Gasteiger partial charge in [0, 0.05) is 6.61 Å². The maximum Gasteiger partial charge on any atom is 0.494 e. The number of hydrogen-bond acceptors (Lipinski definition) is 5. The molecule has 29 heavy (non-hydrogen) atoms. The summed E-state index contributed by atoms with van der Waals surface area (Å²) in [6, 6.07) is 8.09. The van der Waals surface area contributed by atoms with Gasteiger partial charge in [0.1, 0.15) is 5.75 Å². The lowest BCUT2D eigenvalue weighted by atomic mass is 9.79. The zero-order valence-electron chi connectivity index (χ0n) is 18.3. The smallest absolute Gasteiger partial charge is 0.494 e. The van der Waals surface area contributed by atoms with Crippen molar-refractivity contribution in [1.82, 2.24) is 0 Å². The van der Waals surface area contributed by atoms with E-state index in [1.54, 1.807) is 0 Å². The first kappa shape index (κ1) is 21.2. The Morgan fingerprint density at radius 2 is 1.69 bits per heavy atom. The van der Waals surface area contributed by atoms with Crippen LogP contribution in [0.5, 0.6) is 5.75 Å². The molecule has 3 fully saturated rings. The second kappa shape index (κ2) is 8.58. The van der Waals surface area contributed by atoms with E-state index >= 15 is 0 Å². The summed E-state index contributed by atoms with van der Waals surface area (Å²) >= 11 is 0. The van der Waals surface area contributed by atoms with Crippen molar-refractivity contribution in [2.45, 2.75) is 89.8 Å². The highest BCUT2D eigenvalue weighted by Crippen LogP contribution is 2.37. The molecule has 1 aromatic rings. The molecule has 6 heteroatoms. The lowest BCUT2D eigenvalue weighted by Crippen LogP contribution is -2.41. The highest BCUT2D eigenvalue weighted by molar-refractivity contribution is 6.62. The van der Waals surface area contributed by atoms with Gasteiger partial charge in [0.2, 0.25) is 0 Å². The Bertz CT molecular complexity index is 646. The van der Waals surface area contributed by atoms with Crippen molar-refractivity contribution in [3.63, 3.8) is 0 Å². The predicted octanol–water partition coefficient (Wildman–Crippen LogP) is 4.08. The van der Waals surface area contributed by atoms with Gasteiger partial charge in [-0.15, -0.1) is 0 Å². The summed E-state index contributed by atoms with van der Waals surface area (Å²) in [5.74, 6) is 1.60. The van der Waals surface area contributed by atoms with Gasteiger partial charge in [0.25, 0.3) is 0 Å². The van der Waals surface area contributed by atoms with Crippen molar-refractivity contribution >= 4 is 12.6 Å². The normalized spacial score (nSPS) is 30.8. The molecule has 1 atom stereocenters. The first-order chi connectivity index (χ1) is 13.8. The van der Waals surface area contributed by atoms with Crippen molar-refractivity contribution in [1.29, 1.82) is 0 Å². The number of ether oxygens (including phenoxy) is 3. The topological polar surface area (TPSA) is 46.2 Å². The van der Waals surface area contributed by atoms with Crippen LogP contribution >= 0.6 is 0 Å². The molecule has 3 aliphatic rings. The molecular formula is C23H35BO5. The second-order valence-electron chi connectivity index (χ2n) is 9.69. The molecule has 1 aliphatic carbocycles. The zero-order valence-corrected chi connectivity index (χ0v) is 18.3. The Hall–Kier alpha value is -1.08. The molecule has 0 amide bonds. The lowest BCUT2D eigenvalue weighted by molar-refractivity contribution is -0.210. The molecular weight excluding hydrogens is 367 g/mol. The fraction of sp³-hybridized carbons (Fsp3) is 0.739. The number of benzene rings is 1. The van der Waals surface area contributed by atoms with Gasteiger partial charge in [0.15, 0.2) is 6.29 Å². The van der Waals surface area contributed by atoms with Gasteiger partial charge in [0.05, 0.1) is 23.9 Å². The zero-order chi connectivity index (χ0) is 20.5. The minimum Gasteiger partial charge on any atom is -0.494 e. The molecule has 4 rings (SSSR count). The fourth-order valence-electron chi connectivity index (χ4n) is 4.10. The summed E-state index contributed by atoms with van der Waals surface area (Å²) < 4.78 is 29.9. The van der Waals surface area contributed by atoms with Crippen LogP contribution in [0.3, 0.4) is 0 Å². The summed E-state index contributed by atoms with van der Waals surface area (Å²) in [6.07, 6.45) is 7.19. The molecule has 0 bridgehead atoms. The summed E-state index contributed by atoms with van der Waals surface area (Å²) in [7, 11) is -0.325. The average molecular weight is 402 g/mol. The maximum atomic E-state index is 6.11. The van der Waals surface area contributed by atoms with Gasteiger partial charge in [-0.1, -0.05) is 12.1 Å². The average Bonchev–Trinajstić information content (AvgIpc) is 2.88. The van der Waals surface area contributed by atoms with Crippen molar-refractivity contribution in [3.05, 3.63) is 24.3 Å². The minimum absolute atomic E-state index is 0.0356. The first-order valence-corrected chi connectivity index (χ1v) is 11.2. The Kier molecular flexibility index (Phi) is 6.26. The molecule has 2 heterocycles. The standard InChI is InChI=1S/C23H35BO5/c1-22(2)23(3,4)29-24(28-22)18-8-10-19(11-9-18)25-14-12-17-15-20(16-17)27-21-7-5-6-13-26-21/h8-11,17,20-21H,5-7,12-16H2,1-4H3. The summed E-state index contributed by atoms with van der Waals surface area (Å²) in [5.41, 5.74) is 0.389. The van der Waals surface area contributed by atoms with E-state index in [-0.39, 0.29) is 24.6 Å². The Morgan fingerprint density at radius 3 is 2.31 bits per heavy atom. The molecule has 0 radical (unpaired) electrons. The maximum absolute atomic E-state index is 6.11. The highest BCUT2D eigenvalue weighted by atomic mass is 16.7. The molecule has 1 saturated carbocycles. The molecule has 0 aromatic heterocycles. The fourth-order valence-corrected chi connectivity index (χ4v) is 4.10. The first-order valence-electron chi connectivity index (χ1n) is 11.2. The molecule has 2 saturated heterocycles. The van der Waals surface area contributed by atoms with E-state index in [0.29, 0.717) is 12.0 Å². The SMILES string of the molecule is CC1(C)OB(c2ccc(OCCC3CC(OC4CCCCO4)C3)cc2)OC1(C)C. The molecule has 0 spiro atoms. The molecule has 2 aliphatic heterocycles. The summed E-state index contributed by atoms with van der Waals surface area (Å²) in [4.78, 5) is 0. The van der Waals surface area contributed by atoms with Crippen LogP contribution in [0.4, 0.5) is 0 Å². The van der Waals surface area contributed by atoms with Crippen molar-refractivity contribution in [3.8, 4) is 5.75 Å². The van der Waals surface area contributed by atoms with Crippen LogP contribution in [0.2, 0.25) is 0 Å². The van der Waals surface area contributed by atoms with Crippen LogP contribution in [0.1, 0.15) is 66.2 Å². The van der Waals surface area contributed by atoms with E-state index in [1.165, 1.54) is 12.8 Å². The van der Waals surface area contributed by atoms with Crippen LogP contribution in [-0.4, -0.2) is 43.9 Å². The third-order valence-electron chi connectivity index (χ3n) is 6.87. The van der Waals surface area contributed by atoms with Gasteiger partial charge in [-0.25, -0.2) is 0 Å². The Labute approximate surface area is 175 Å². The van der Waals surface area contributed by atoms with Crippen LogP contribution in [0.15, 0.2) is 24.3 Å². The third kappa shape index (κ3) is 4.99. The van der Waals surface area contributed by atoms with Crippen LogP contribution in [-0.2, 0) is 18.8 Å². The summed E-state index contributed by atoms with van der Waals surface area (Å²) in [5, 5.41) is 0. The number of hydrogen-bond donors (Lipinski definition) is 0. The molecule has 5 nitrogen and oxygen atoms in total. The van der Waals surface area contributed by atoms with Gasteiger partial charge >= 0.3 is 7.12 Å². The van der Waals surface area contributed by atoms with E-state index in [4.69, 9.17) is 23.5 Å². The molecule has 0 N–H and O–H groups in total. The quantitative estimate of drug-likeness (QED) is 0.644. The minimum atomic E-state index is -0.325. The van der Waals surface area contributed by atoms with Crippen molar-refractivity contribution in [2.24, 2.45) is 5.92 Å². The van der Waals surface area contributed by atoms with E-state index in [1.807, 2.05) is 24.3 Å². The van der Waals surface area contributed by atoms with Crippen molar-refractivity contribution in [2.75, 3.05) is 13.2 Å². The highest BCUT2D eigenvalue weighted by Gasteiger charge is 2.51. The van der Waals surface area contributed by atoms with Crippen LogP contribution in [0.25, 0.3) is 0 Å². The Morgan fingerprint density at radius 1 is 1.00 bits per heavy atom. The van der Waals surface area contributed by atoms with Crippen molar-refractivity contribution < 1.29 is 23.5 Å². The van der Waals surface area contributed by atoms with Gasteiger partial charge < -0.3 is 23.5 Å². The third-order valence-corrected chi connectivity index (χ3v) is 6.87. The van der Waals surface area contributed by atoms with Gasteiger partial charge in [-0.05, 0) is 89.7 Å². The van der Waals surface area contributed by atoms with E-state index < -0.39 is 0 Å². The summed E-state index contributed by atoms with van der Waals surface area (Å²) in [6.45, 7) is 9.88. The lowest BCUT2D eigenvalue weighted by Gasteiger charge is -2.38. The molecule has 160 valence electrons. The monoisotopic (exact) mass is 402 g/mol. The largest absolute Gasteiger partial charge is 0.494 e. The molecule has 1 unspecified atom stereocenters. The second-order valence-corrected chi connectivity index (χ2v) is 9.69. The van der Waals surface area contributed by atoms with E-state index in [9.17, 15) is 0 Å².